The maximum absolute atomic E-state index is 13.7. The van der Waals surface area contributed by atoms with Gasteiger partial charge in [-0.3, -0.25) is 9.59 Å². The minimum Gasteiger partial charge on any atom is -0.342 e. The summed E-state index contributed by atoms with van der Waals surface area (Å²) in [7, 11) is 0. The van der Waals surface area contributed by atoms with Gasteiger partial charge in [0.05, 0.1) is 17.5 Å². The van der Waals surface area contributed by atoms with E-state index in [1.165, 1.54) is 23.9 Å². The Balaban J connectivity index is 1.71. The van der Waals surface area contributed by atoms with Crippen LogP contribution in [0.3, 0.4) is 0 Å². The van der Waals surface area contributed by atoms with Gasteiger partial charge < -0.3 is 15.2 Å². The fourth-order valence-electron chi connectivity index (χ4n) is 3.16. The lowest BCUT2D eigenvalue weighted by Crippen LogP contribution is -2.33. The fraction of sp³-hybridized carbons (Fsp3) is 0.304. The maximum atomic E-state index is 13.7. The van der Waals surface area contributed by atoms with Crippen LogP contribution in [0.2, 0.25) is 0 Å². The van der Waals surface area contributed by atoms with Crippen molar-refractivity contribution >= 4 is 29.3 Å². The maximum Gasteiger partial charge on any atom is 0.251 e. The summed E-state index contributed by atoms with van der Waals surface area (Å²) in [4.78, 5) is 25.0. The molecule has 168 valence electrons. The van der Waals surface area contributed by atoms with Gasteiger partial charge in [0.1, 0.15) is 5.82 Å². The molecule has 0 aliphatic rings. The average molecular weight is 456 g/mol. The first-order chi connectivity index (χ1) is 15.4. The average Bonchev–Trinajstić information content (AvgIpc) is 3.20. The van der Waals surface area contributed by atoms with Crippen molar-refractivity contribution in [3.8, 4) is 0 Å². The molecule has 0 aliphatic carbocycles. The van der Waals surface area contributed by atoms with Gasteiger partial charge in [0.25, 0.3) is 5.91 Å². The Hall–Kier alpha value is -3.20. The zero-order valence-corrected chi connectivity index (χ0v) is 19.0. The Kier molecular flexibility index (Phi) is 7.99. The van der Waals surface area contributed by atoms with E-state index in [1.54, 1.807) is 24.3 Å². The molecule has 3 aromatic rings. The number of nitrogens with zero attached hydrogens (tertiary/aromatic N) is 3. The van der Waals surface area contributed by atoms with Crippen LogP contribution in [0.25, 0.3) is 0 Å². The normalized spacial score (nSPS) is 11.9. The highest BCUT2D eigenvalue weighted by molar-refractivity contribution is 7.99. The Morgan fingerprint density at radius 3 is 2.41 bits per heavy atom. The second-order valence-corrected chi connectivity index (χ2v) is 8.41. The zero-order chi connectivity index (χ0) is 23.1. The number of amides is 2. The summed E-state index contributed by atoms with van der Waals surface area (Å²) >= 11 is 1.21. The van der Waals surface area contributed by atoms with Gasteiger partial charge in [-0.05, 0) is 37.1 Å². The number of halogens is 1. The molecule has 0 bridgehead atoms. The standard InChI is InChI=1S/C23H26FN5O2S/c1-4-29-21(20(15(2)3)26-22(31)16-10-6-5-7-11-16)27-28-23(29)32-14-19(30)25-18-13-9-8-12-17(18)24/h5-13,15,20H,4,14H2,1-3H3,(H,25,30)(H,26,31)/t20-/m0/s1. The Morgan fingerprint density at radius 1 is 1.06 bits per heavy atom. The topological polar surface area (TPSA) is 88.9 Å². The van der Waals surface area contributed by atoms with Gasteiger partial charge in [0.2, 0.25) is 5.91 Å². The van der Waals surface area contributed by atoms with Crippen molar-refractivity contribution in [2.45, 2.75) is 38.5 Å². The van der Waals surface area contributed by atoms with Crippen molar-refractivity contribution in [2.24, 2.45) is 5.92 Å². The number of rotatable bonds is 9. The van der Waals surface area contributed by atoms with Gasteiger partial charge in [0, 0.05) is 12.1 Å². The van der Waals surface area contributed by atoms with Crippen LogP contribution in [0, 0.1) is 11.7 Å². The van der Waals surface area contributed by atoms with E-state index in [9.17, 15) is 14.0 Å². The summed E-state index contributed by atoms with van der Waals surface area (Å²) in [5, 5.41) is 14.7. The summed E-state index contributed by atoms with van der Waals surface area (Å²) < 4.78 is 15.6. The number of para-hydroxylation sites is 1. The molecule has 9 heteroatoms. The summed E-state index contributed by atoms with van der Waals surface area (Å²) in [6.45, 7) is 6.52. The lowest BCUT2D eigenvalue weighted by Gasteiger charge is -2.22. The predicted octanol–water partition coefficient (Wildman–Crippen LogP) is 4.30. The number of hydrogen-bond acceptors (Lipinski definition) is 5. The van der Waals surface area contributed by atoms with Crippen molar-refractivity contribution in [3.05, 3.63) is 71.8 Å². The highest BCUT2D eigenvalue weighted by Gasteiger charge is 2.26. The molecule has 0 radical (unpaired) electrons. The summed E-state index contributed by atoms with van der Waals surface area (Å²) in [6, 6.07) is 14.7. The Bertz CT molecular complexity index is 1070. The van der Waals surface area contributed by atoms with Crippen LogP contribution in [-0.2, 0) is 11.3 Å². The number of carbonyl (C=O) groups excluding carboxylic acids is 2. The molecule has 7 nitrogen and oxygen atoms in total. The third kappa shape index (κ3) is 5.73. The quantitative estimate of drug-likeness (QED) is 0.470. The number of anilines is 1. The second kappa shape index (κ2) is 10.9. The molecule has 0 saturated carbocycles. The number of aromatic nitrogens is 3. The third-order valence-electron chi connectivity index (χ3n) is 4.81. The number of benzene rings is 2. The number of nitrogens with one attached hydrogen (secondary N) is 2. The van der Waals surface area contributed by atoms with Crippen LogP contribution in [0.4, 0.5) is 10.1 Å². The molecular weight excluding hydrogens is 429 g/mol. The van der Waals surface area contributed by atoms with Crippen molar-refractivity contribution in [1.29, 1.82) is 0 Å². The molecule has 1 atom stereocenters. The summed E-state index contributed by atoms with van der Waals surface area (Å²) in [5.74, 6) is -0.268. The molecule has 2 amide bonds. The molecule has 0 unspecified atom stereocenters. The monoisotopic (exact) mass is 455 g/mol. The van der Waals surface area contributed by atoms with E-state index >= 15 is 0 Å². The number of thioether (sulfide) groups is 1. The molecule has 0 spiro atoms. The molecule has 0 aliphatic heterocycles. The van der Waals surface area contributed by atoms with Crippen LogP contribution < -0.4 is 10.6 Å². The van der Waals surface area contributed by atoms with Crippen LogP contribution >= 0.6 is 11.8 Å². The SMILES string of the molecule is CCn1c(SCC(=O)Nc2ccccc2F)nnc1[C@@H](NC(=O)c1ccccc1)C(C)C. The highest BCUT2D eigenvalue weighted by atomic mass is 32.2. The van der Waals surface area contributed by atoms with Gasteiger partial charge in [-0.15, -0.1) is 10.2 Å². The Morgan fingerprint density at radius 2 is 1.75 bits per heavy atom. The molecule has 2 aromatic carbocycles. The molecule has 1 heterocycles. The van der Waals surface area contributed by atoms with E-state index in [4.69, 9.17) is 0 Å². The number of carbonyl (C=O) groups is 2. The van der Waals surface area contributed by atoms with Gasteiger partial charge in [-0.1, -0.05) is 55.9 Å². The first-order valence-corrected chi connectivity index (χ1v) is 11.4. The van der Waals surface area contributed by atoms with Crippen LogP contribution in [0.5, 0.6) is 0 Å². The minimum atomic E-state index is -0.487. The van der Waals surface area contributed by atoms with Crippen molar-refractivity contribution in [1.82, 2.24) is 20.1 Å². The molecule has 3 rings (SSSR count). The molecule has 0 fully saturated rings. The van der Waals surface area contributed by atoms with Gasteiger partial charge >= 0.3 is 0 Å². The van der Waals surface area contributed by atoms with Crippen LogP contribution in [-0.4, -0.2) is 32.3 Å². The smallest absolute Gasteiger partial charge is 0.251 e. The first kappa shape index (κ1) is 23.5. The van der Waals surface area contributed by atoms with Crippen molar-refractivity contribution in [2.75, 3.05) is 11.1 Å². The fourth-order valence-corrected chi connectivity index (χ4v) is 3.97. The summed E-state index contributed by atoms with van der Waals surface area (Å²) in [5.41, 5.74) is 0.708. The largest absolute Gasteiger partial charge is 0.342 e. The second-order valence-electron chi connectivity index (χ2n) is 7.46. The first-order valence-electron chi connectivity index (χ1n) is 10.4. The molecule has 1 aromatic heterocycles. The van der Waals surface area contributed by atoms with E-state index in [0.717, 1.165) is 0 Å². The predicted molar refractivity (Wildman–Crippen MR) is 123 cm³/mol. The highest BCUT2D eigenvalue weighted by Crippen LogP contribution is 2.26. The van der Waals surface area contributed by atoms with E-state index in [2.05, 4.69) is 20.8 Å². The van der Waals surface area contributed by atoms with Gasteiger partial charge in [-0.25, -0.2) is 4.39 Å². The van der Waals surface area contributed by atoms with Crippen molar-refractivity contribution in [3.63, 3.8) is 0 Å². The summed E-state index contributed by atoms with van der Waals surface area (Å²) in [6.07, 6.45) is 0. The zero-order valence-electron chi connectivity index (χ0n) is 18.2. The van der Waals surface area contributed by atoms with E-state index in [1.807, 2.05) is 43.5 Å². The molecule has 32 heavy (non-hydrogen) atoms. The lowest BCUT2D eigenvalue weighted by molar-refractivity contribution is -0.113. The van der Waals surface area contributed by atoms with Crippen LogP contribution in [0.15, 0.2) is 59.8 Å². The third-order valence-corrected chi connectivity index (χ3v) is 5.78. The van der Waals surface area contributed by atoms with Gasteiger partial charge in [-0.2, -0.15) is 0 Å². The lowest BCUT2D eigenvalue weighted by atomic mass is 10.0. The van der Waals surface area contributed by atoms with Crippen LogP contribution in [0.1, 0.15) is 43.0 Å². The number of hydrogen-bond donors (Lipinski definition) is 2. The van der Waals surface area contributed by atoms with E-state index in [0.29, 0.717) is 23.1 Å². The minimum absolute atomic E-state index is 0.0508. The molecule has 2 N–H and O–H groups in total. The van der Waals surface area contributed by atoms with E-state index in [-0.39, 0.29) is 35.2 Å². The van der Waals surface area contributed by atoms with Crippen molar-refractivity contribution < 1.29 is 14.0 Å². The molecule has 0 saturated heterocycles. The van der Waals surface area contributed by atoms with E-state index < -0.39 is 5.82 Å². The molecular formula is C23H26FN5O2S. The van der Waals surface area contributed by atoms with Gasteiger partial charge in [0.15, 0.2) is 11.0 Å². The Labute approximate surface area is 190 Å².